The fraction of sp³-hybridized carbons (Fsp3) is 0.200. The summed E-state index contributed by atoms with van der Waals surface area (Å²) in [6, 6.07) is 100. The number of aryl methyl sites for hydroxylation is 15. The van der Waals surface area contributed by atoms with Crippen LogP contribution in [0.4, 0.5) is 0 Å². The van der Waals surface area contributed by atoms with Crippen molar-refractivity contribution in [3.63, 3.8) is 0 Å². The quantitative estimate of drug-likeness (QED) is 0.118. The van der Waals surface area contributed by atoms with Crippen molar-refractivity contribution in [2.75, 3.05) is 0 Å². The van der Waals surface area contributed by atoms with Gasteiger partial charge in [0.2, 0.25) is 0 Å². The first-order valence-corrected chi connectivity index (χ1v) is 46.6. The molecule has 24 aromatic rings. The molecule has 12 heteroatoms. The van der Waals surface area contributed by atoms with Gasteiger partial charge in [-0.2, -0.15) is 17.6 Å². The average Bonchev–Trinajstić information content (AvgIpc) is 1.42. The lowest BCUT2D eigenvalue weighted by Crippen LogP contribution is -2.27. The molecule has 0 saturated carbocycles. The Kier molecular flexibility index (Phi) is 20.6. The molecule has 0 bridgehead atoms. The number of fused-ring (bicyclic) bond motifs is 32. The summed E-state index contributed by atoms with van der Waals surface area (Å²) in [7, 11) is 8.67. The first-order chi connectivity index (χ1) is 63.8. The SMILES string of the molecule is Cc1cccc(-c2ccccc2)c1-c1cc(C)c2c(n1)c1c(C)cccc1n1c3ccccc3[n+](C)c21.Cc1cccc(C)c1-c1cc(C)c2c(n1)c1c(C)cccc1n1c3ccccc3[n+](C)c21.Cc1cccc2c1c1nc(-c3c(C(C)C)cccc3C(C)C)cc(C)c1c1n2c2ccccc2[n+]1C.Cc1cccc2c1c1nc(C(C)C)cc(C)c1c1n2c2ccccc2[n+]1C. The van der Waals surface area contributed by atoms with Gasteiger partial charge in [0, 0.05) is 22.4 Å². The zero-order valence-corrected chi connectivity index (χ0v) is 79.7. The number of hydrogen-bond acceptors (Lipinski definition) is 4. The van der Waals surface area contributed by atoms with Crippen LogP contribution in [0.3, 0.4) is 0 Å². The fourth-order valence-electron chi connectivity index (χ4n) is 22.1. The van der Waals surface area contributed by atoms with Crippen molar-refractivity contribution >= 4 is 154 Å². The molecular weight excluding hydrogens is 1610 g/mol. The number of hydrogen-bond donors (Lipinski definition) is 0. The Morgan fingerprint density at radius 1 is 0.220 bits per heavy atom. The lowest BCUT2D eigenvalue weighted by Gasteiger charge is -2.20. The van der Waals surface area contributed by atoms with Crippen molar-refractivity contribution in [2.24, 2.45) is 28.2 Å². The summed E-state index contributed by atoms with van der Waals surface area (Å²) in [5, 5.41) is 9.84. The number of benzene rings is 12. The van der Waals surface area contributed by atoms with Gasteiger partial charge in [-0.05, 0) is 274 Å². The Morgan fingerprint density at radius 2 is 0.485 bits per heavy atom. The third-order valence-electron chi connectivity index (χ3n) is 28.3. The Labute approximate surface area is 770 Å². The molecule has 12 aromatic heterocycles. The van der Waals surface area contributed by atoms with Crippen molar-refractivity contribution in [2.45, 2.75) is 135 Å². The maximum Gasteiger partial charge on any atom is 0.297 e. The molecule has 0 aliphatic carbocycles. The predicted molar refractivity (Wildman–Crippen MR) is 552 cm³/mol. The molecule has 12 heterocycles. The molecule has 24 rings (SSSR count). The van der Waals surface area contributed by atoms with Gasteiger partial charge in [-0.15, -0.1) is 0 Å². The molecular formula is C120H112N12+4. The molecule has 0 fully saturated rings. The number of para-hydroxylation sites is 8. The lowest BCUT2D eigenvalue weighted by molar-refractivity contribution is -0.617. The minimum Gasteiger partial charge on any atom is -0.251 e. The van der Waals surface area contributed by atoms with Crippen LogP contribution in [0.25, 0.3) is 199 Å². The van der Waals surface area contributed by atoms with E-state index in [1.165, 1.54) is 232 Å². The molecule has 0 N–H and O–H groups in total. The van der Waals surface area contributed by atoms with Crippen molar-refractivity contribution < 1.29 is 18.3 Å². The highest BCUT2D eigenvalue weighted by Crippen LogP contribution is 2.45. The van der Waals surface area contributed by atoms with E-state index in [2.05, 4.69) is 461 Å². The maximum atomic E-state index is 5.52. The van der Waals surface area contributed by atoms with Crippen molar-refractivity contribution in [1.82, 2.24) is 37.5 Å². The molecule has 12 aromatic carbocycles. The van der Waals surface area contributed by atoms with Gasteiger partial charge in [0.15, 0.2) is 44.1 Å². The molecule has 0 aliphatic rings. The maximum absolute atomic E-state index is 5.52. The molecule has 0 atom stereocenters. The summed E-state index contributed by atoms with van der Waals surface area (Å²) in [6.07, 6.45) is 0. The van der Waals surface area contributed by atoms with Crippen LogP contribution in [-0.4, -0.2) is 37.5 Å². The van der Waals surface area contributed by atoms with E-state index >= 15 is 0 Å². The monoisotopic (exact) mass is 1720 g/mol. The molecule has 0 spiro atoms. The molecule has 0 radical (unpaired) electrons. The van der Waals surface area contributed by atoms with Crippen LogP contribution in [-0.2, 0) is 28.2 Å². The van der Waals surface area contributed by atoms with E-state index in [0.717, 1.165) is 44.8 Å². The van der Waals surface area contributed by atoms with Gasteiger partial charge >= 0.3 is 0 Å². The highest BCUT2D eigenvalue weighted by atomic mass is 15.1. The molecule has 0 aliphatic heterocycles. The predicted octanol–water partition coefficient (Wildman–Crippen LogP) is 27.9. The highest BCUT2D eigenvalue weighted by molar-refractivity contribution is 6.18. The van der Waals surface area contributed by atoms with Gasteiger partial charge in [-0.25, -0.2) is 33.2 Å². The van der Waals surface area contributed by atoms with E-state index in [1.807, 2.05) is 0 Å². The Bertz CT molecular complexity index is 8950. The van der Waals surface area contributed by atoms with Gasteiger partial charge in [0.1, 0.15) is 22.1 Å². The zero-order chi connectivity index (χ0) is 91.6. The van der Waals surface area contributed by atoms with Gasteiger partial charge < -0.3 is 0 Å². The molecule has 0 amide bonds. The highest BCUT2D eigenvalue weighted by Gasteiger charge is 2.34. The number of pyridine rings is 8. The standard InChI is InChI=1S/C34H28N3.C33H34N3.C29H26N3.C24H24N3/c1-21-12-10-16-25(24-14-6-5-7-15-24)30(21)26-20-23(3)32-33(35-26)31-22(2)13-11-19-29(31)37-28-18-9-8-17-27(28)36(4)34(32)37;1-19(2)23-13-11-14-24(20(3)4)31(23)25-18-22(6)30-32(34-25)29-21(5)12-10-17-28(29)36-27-16-9-8-15-26(27)35(7)33(30)36;1-17-10-8-11-18(2)25(17)21-16-20(4)27-28(30-21)26-19(3)12-9-15-24(26)32-23-14-7-6-13-22(23)31(5)29(27)32;1-14(2)17-13-16(4)22-23(25-17)21-15(3)9-8-12-20(21)27-19-11-7-6-10-18(19)26(5)24(22)27/h5-20H,1-4H3;8-20H,1-7H3;6-16H,1-5H3;6-14H,1-5H3/q4*+1. The largest absolute Gasteiger partial charge is 0.297 e. The molecule has 0 saturated heterocycles. The second-order valence-corrected chi connectivity index (χ2v) is 37.8. The van der Waals surface area contributed by atoms with Crippen molar-refractivity contribution in [1.29, 1.82) is 0 Å². The summed E-state index contributed by atoms with van der Waals surface area (Å²) in [5.74, 6) is 1.25. The van der Waals surface area contributed by atoms with E-state index in [0.29, 0.717) is 17.8 Å². The van der Waals surface area contributed by atoms with Gasteiger partial charge in [0.05, 0.1) is 110 Å². The summed E-state index contributed by atoms with van der Waals surface area (Å²) in [6.45, 7) is 37.8. The number of rotatable bonds is 7. The van der Waals surface area contributed by atoms with Gasteiger partial charge in [-0.1, -0.05) is 224 Å². The topological polar surface area (TPSA) is 84.7 Å². The van der Waals surface area contributed by atoms with Gasteiger partial charge in [-0.3, -0.25) is 4.98 Å². The first kappa shape index (κ1) is 84.0. The van der Waals surface area contributed by atoms with Crippen LogP contribution in [0.15, 0.2) is 279 Å². The molecule has 0 unspecified atom stereocenters. The van der Waals surface area contributed by atoms with Crippen LogP contribution in [0.1, 0.15) is 137 Å². The molecule has 648 valence electrons. The Hall–Kier alpha value is -14.9. The van der Waals surface area contributed by atoms with E-state index < -0.39 is 0 Å². The van der Waals surface area contributed by atoms with E-state index in [-0.39, 0.29) is 0 Å². The van der Waals surface area contributed by atoms with Crippen LogP contribution in [0.5, 0.6) is 0 Å². The summed E-state index contributed by atoms with van der Waals surface area (Å²) >= 11 is 0. The average molecular weight is 1720 g/mol. The normalized spacial score (nSPS) is 12.0. The fourth-order valence-corrected chi connectivity index (χ4v) is 22.1. The van der Waals surface area contributed by atoms with Gasteiger partial charge in [0.25, 0.3) is 22.6 Å². The van der Waals surface area contributed by atoms with Crippen LogP contribution >= 0.6 is 0 Å². The van der Waals surface area contributed by atoms with Crippen LogP contribution in [0, 0.1) is 76.2 Å². The Balaban J connectivity index is 0.000000107. The van der Waals surface area contributed by atoms with E-state index in [4.69, 9.17) is 19.9 Å². The minimum absolute atomic E-state index is 0.406. The first-order valence-electron chi connectivity index (χ1n) is 46.6. The summed E-state index contributed by atoms with van der Waals surface area (Å²) in [5.41, 5.74) is 50.8. The smallest absolute Gasteiger partial charge is 0.251 e. The van der Waals surface area contributed by atoms with E-state index in [1.54, 1.807) is 0 Å². The second-order valence-electron chi connectivity index (χ2n) is 37.8. The van der Waals surface area contributed by atoms with E-state index in [9.17, 15) is 0 Å². The Morgan fingerprint density at radius 3 is 0.826 bits per heavy atom. The number of nitrogens with zero attached hydrogens (tertiary/aromatic N) is 12. The van der Waals surface area contributed by atoms with Crippen LogP contribution in [0.2, 0.25) is 0 Å². The summed E-state index contributed by atoms with van der Waals surface area (Å²) in [4.78, 5) is 21.5. The van der Waals surface area contributed by atoms with Crippen molar-refractivity contribution in [3.8, 4) is 44.9 Å². The lowest BCUT2D eigenvalue weighted by atomic mass is 9.86. The summed E-state index contributed by atoms with van der Waals surface area (Å²) < 4.78 is 18.9. The third-order valence-corrected chi connectivity index (χ3v) is 28.3. The second kappa shape index (κ2) is 32.3. The number of imidazole rings is 4. The minimum atomic E-state index is 0.406. The molecule has 12 nitrogen and oxygen atoms in total. The third kappa shape index (κ3) is 13.0. The number of aromatic nitrogens is 12. The van der Waals surface area contributed by atoms with Crippen molar-refractivity contribution in [3.05, 3.63) is 357 Å². The van der Waals surface area contributed by atoms with Crippen LogP contribution < -0.4 is 18.3 Å². The zero-order valence-electron chi connectivity index (χ0n) is 79.7. The molecule has 132 heavy (non-hydrogen) atoms.